The molecule has 1 aromatic heterocycles. The molecule has 13 heavy (non-hydrogen) atoms. The molecule has 1 unspecified atom stereocenters. The van der Waals surface area contributed by atoms with Crippen LogP contribution in [-0.2, 0) is 12.3 Å². The zero-order chi connectivity index (χ0) is 9.26. The summed E-state index contributed by atoms with van der Waals surface area (Å²) >= 11 is 1.79. The third kappa shape index (κ3) is 1.58. The van der Waals surface area contributed by atoms with Gasteiger partial charge in [-0.05, 0) is 13.2 Å². The second kappa shape index (κ2) is 3.67. The van der Waals surface area contributed by atoms with E-state index in [0.29, 0.717) is 6.04 Å². The van der Waals surface area contributed by atoms with Gasteiger partial charge >= 0.3 is 0 Å². The van der Waals surface area contributed by atoms with Crippen LogP contribution in [0.2, 0.25) is 0 Å². The maximum atomic E-state index is 4.19. The highest BCUT2D eigenvalue weighted by Crippen LogP contribution is 2.17. The third-order valence-corrected chi connectivity index (χ3v) is 2.85. The van der Waals surface area contributed by atoms with Gasteiger partial charge in [-0.25, -0.2) is 0 Å². The number of aromatic nitrogens is 3. The topological polar surface area (TPSA) is 42.7 Å². The van der Waals surface area contributed by atoms with Crippen LogP contribution < -0.4 is 5.32 Å². The lowest BCUT2D eigenvalue weighted by Crippen LogP contribution is -2.32. The average molecular weight is 198 g/mol. The first kappa shape index (κ1) is 9.02. The fourth-order valence-electron chi connectivity index (χ4n) is 1.63. The molecule has 0 spiro atoms. The summed E-state index contributed by atoms with van der Waals surface area (Å²) in [6.07, 6.45) is 2.09. The smallest absolute Gasteiger partial charge is 0.149 e. The van der Waals surface area contributed by atoms with Crippen molar-refractivity contribution < 1.29 is 0 Å². The molecule has 4 nitrogen and oxygen atoms in total. The van der Waals surface area contributed by atoms with Gasteiger partial charge < -0.3 is 9.88 Å². The van der Waals surface area contributed by atoms with E-state index in [-0.39, 0.29) is 0 Å². The second-order valence-corrected chi connectivity index (χ2v) is 4.10. The Morgan fingerprint density at radius 2 is 2.46 bits per heavy atom. The summed E-state index contributed by atoms with van der Waals surface area (Å²) in [4.78, 5) is 0. The SMILES string of the molecule is CSCc1nnc2n1CCNC2C. The van der Waals surface area contributed by atoms with Crippen LogP contribution in [0, 0.1) is 0 Å². The van der Waals surface area contributed by atoms with Gasteiger partial charge in [0.2, 0.25) is 0 Å². The van der Waals surface area contributed by atoms with Crippen molar-refractivity contribution in [3.63, 3.8) is 0 Å². The fourth-order valence-corrected chi connectivity index (χ4v) is 2.10. The summed E-state index contributed by atoms with van der Waals surface area (Å²) in [7, 11) is 0. The van der Waals surface area contributed by atoms with Crippen molar-refractivity contribution in [3.8, 4) is 0 Å². The summed E-state index contributed by atoms with van der Waals surface area (Å²) in [6, 6.07) is 0.344. The molecule has 0 saturated carbocycles. The maximum absolute atomic E-state index is 4.19. The van der Waals surface area contributed by atoms with Gasteiger partial charge in [0, 0.05) is 13.1 Å². The van der Waals surface area contributed by atoms with E-state index in [9.17, 15) is 0 Å². The number of nitrogens with zero attached hydrogens (tertiary/aromatic N) is 3. The highest BCUT2D eigenvalue weighted by atomic mass is 32.2. The largest absolute Gasteiger partial charge is 0.312 e. The first-order valence-corrected chi connectivity index (χ1v) is 5.86. The minimum atomic E-state index is 0.344. The summed E-state index contributed by atoms with van der Waals surface area (Å²) in [5.74, 6) is 3.14. The Bertz CT molecular complexity index is 296. The van der Waals surface area contributed by atoms with Crippen LogP contribution in [0.5, 0.6) is 0 Å². The van der Waals surface area contributed by atoms with Crippen molar-refractivity contribution in [1.29, 1.82) is 0 Å². The van der Waals surface area contributed by atoms with Crippen LogP contribution in [-0.4, -0.2) is 27.6 Å². The van der Waals surface area contributed by atoms with Crippen molar-refractivity contribution in [2.75, 3.05) is 12.8 Å². The summed E-state index contributed by atoms with van der Waals surface area (Å²) in [6.45, 7) is 4.15. The molecule has 1 atom stereocenters. The van der Waals surface area contributed by atoms with Gasteiger partial charge in [0.1, 0.15) is 11.6 Å². The molecule has 0 radical (unpaired) electrons. The molecule has 1 aromatic rings. The van der Waals surface area contributed by atoms with Crippen LogP contribution in [0.3, 0.4) is 0 Å². The molecular formula is C8H14N4S. The number of thioether (sulfide) groups is 1. The Balaban J connectivity index is 2.30. The van der Waals surface area contributed by atoms with Crippen LogP contribution in [0.4, 0.5) is 0 Å². The third-order valence-electron chi connectivity index (χ3n) is 2.30. The molecule has 2 heterocycles. The lowest BCUT2D eigenvalue weighted by Gasteiger charge is -2.21. The molecule has 0 bridgehead atoms. The summed E-state index contributed by atoms with van der Waals surface area (Å²) < 4.78 is 2.23. The van der Waals surface area contributed by atoms with Crippen molar-refractivity contribution in [2.45, 2.75) is 25.3 Å². The predicted molar refractivity (Wildman–Crippen MR) is 53.7 cm³/mol. The number of hydrogen-bond donors (Lipinski definition) is 1. The van der Waals surface area contributed by atoms with Crippen molar-refractivity contribution in [1.82, 2.24) is 20.1 Å². The molecule has 1 aliphatic rings. The van der Waals surface area contributed by atoms with E-state index >= 15 is 0 Å². The minimum Gasteiger partial charge on any atom is -0.312 e. The quantitative estimate of drug-likeness (QED) is 0.763. The van der Waals surface area contributed by atoms with E-state index in [1.165, 1.54) is 0 Å². The molecule has 0 saturated heterocycles. The van der Waals surface area contributed by atoms with Gasteiger partial charge in [0.05, 0.1) is 11.8 Å². The van der Waals surface area contributed by atoms with Crippen LogP contribution in [0.25, 0.3) is 0 Å². The van der Waals surface area contributed by atoms with Crippen LogP contribution >= 0.6 is 11.8 Å². The number of nitrogens with one attached hydrogen (secondary N) is 1. The molecule has 0 fully saturated rings. The second-order valence-electron chi connectivity index (χ2n) is 3.23. The van der Waals surface area contributed by atoms with Gasteiger partial charge in [0.15, 0.2) is 0 Å². The number of fused-ring (bicyclic) bond motifs is 1. The first-order chi connectivity index (χ1) is 6.33. The molecule has 2 rings (SSSR count). The zero-order valence-corrected chi connectivity index (χ0v) is 8.77. The van der Waals surface area contributed by atoms with E-state index in [4.69, 9.17) is 0 Å². The van der Waals surface area contributed by atoms with E-state index in [1.807, 2.05) is 0 Å². The molecule has 5 heteroatoms. The molecule has 0 aliphatic carbocycles. The minimum absolute atomic E-state index is 0.344. The van der Waals surface area contributed by atoms with Crippen molar-refractivity contribution in [2.24, 2.45) is 0 Å². The zero-order valence-electron chi connectivity index (χ0n) is 7.95. The molecular weight excluding hydrogens is 184 g/mol. The highest BCUT2D eigenvalue weighted by molar-refractivity contribution is 7.97. The molecule has 0 aromatic carbocycles. The van der Waals surface area contributed by atoms with Gasteiger partial charge in [-0.2, -0.15) is 11.8 Å². The Hall–Kier alpha value is -0.550. The van der Waals surface area contributed by atoms with Gasteiger partial charge in [-0.1, -0.05) is 0 Å². The predicted octanol–water partition coefficient (Wildman–Crippen LogP) is 0.805. The Morgan fingerprint density at radius 1 is 1.62 bits per heavy atom. The van der Waals surface area contributed by atoms with Crippen LogP contribution in [0.1, 0.15) is 24.6 Å². The Labute approximate surface area is 82.1 Å². The van der Waals surface area contributed by atoms with E-state index in [2.05, 4.69) is 33.3 Å². The van der Waals surface area contributed by atoms with E-state index in [0.717, 1.165) is 30.5 Å². The normalized spacial score (nSPS) is 21.5. The maximum Gasteiger partial charge on any atom is 0.149 e. The lowest BCUT2D eigenvalue weighted by atomic mass is 10.2. The lowest BCUT2D eigenvalue weighted by molar-refractivity contribution is 0.432. The van der Waals surface area contributed by atoms with Crippen LogP contribution in [0.15, 0.2) is 0 Å². The van der Waals surface area contributed by atoms with Gasteiger partial charge in [0.25, 0.3) is 0 Å². The van der Waals surface area contributed by atoms with Gasteiger partial charge in [-0.15, -0.1) is 10.2 Å². The van der Waals surface area contributed by atoms with Gasteiger partial charge in [-0.3, -0.25) is 0 Å². The van der Waals surface area contributed by atoms with E-state index in [1.54, 1.807) is 11.8 Å². The molecule has 1 N–H and O–H groups in total. The summed E-state index contributed by atoms with van der Waals surface area (Å²) in [5.41, 5.74) is 0. The first-order valence-electron chi connectivity index (χ1n) is 4.47. The standard InChI is InChI=1S/C8H14N4S/c1-6-8-11-10-7(5-13-2)12(8)4-3-9-6/h6,9H,3-5H2,1-2H3. The summed E-state index contributed by atoms with van der Waals surface area (Å²) in [5, 5.41) is 11.7. The fraction of sp³-hybridized carbons (Fsp3) is 0.750. The van der Waals surface area contributed by atoms with Crippen molar-refractivity contribution in [3.05, 3.63) is 11.6 Å². The number of rotatable bonds is 2. The monoisotopic (exact) mass is 198 g/mol. The van der Waals surface area contributed by atoms with E-state index < -0.39 is 0 Å². The molecule has 72 valence electrons. The number of hydrogen-bond acceptors (Lipinski definition) is 4. The average Bonchev–Trinajstić information content (AvgIpc) is 2.51. The van der Waals surface area contributed by atoms with Crippen molar-refractivity contribution >= 4 is 11.8 Å². The Kier molecular flexibility index (Phi) is 2.55. The highest BCUT2D eigenvalue weighted by Gasteiger charge is 2.20. The Morgan fingerprint density at radius 3 is 3.23 bits per heavy atom. The molecule has 0 amide bonds. The molecule has 1 aliphatic heterocycles.